The van der Waals surface area contributed by atoms with Crippen LogP contribution >= 0.6 is 0 Å². The number of nitro groups is 1. The molecular formula is C13H11N3O4. The Labute approximate surface area is 114 Å². The van der Waals surface area contributed by atoms with Gasteiger partial charge in [-0.3, -0.25) is 19.5 Å². The predicted octanol–water partition coefficient (Wildman–Crippen LogP) is 2.15. The second-order valence-corrected chi connectivity index (χ2v) is 3.83. The van der Waals surface area contributed by atoms with Crippen LogP contribution in [0.3, 0.4) is 0 Å². The molecule has 0 atom stereocenters. The van der Waals surface area contributed by atoms with Crippen molar-refractivity contribution in [2.24, 2.45) is 0 Å². The average molecular weight is 273 g/mol. The van der Waals surface area contributed by atoms with E-state index in [9.17, 15) is 14.9 Å². The lowest BCUT2D eigenvalue weighted by molar-refractivity contribution is -0.385. The topological polar surface area (TPSA) is 87.3 Å². The summed E-state index contributed by atoms with van der Waals surface area (Å²) in [5.41, 5.74) is 0.385. The maximum absolute atomic E-state index is 11.7. The van der Waals surface area contributed by atoms with Gasteiger partial charge in [0, 0.05) is 24.5 Å². The van der Waals surface area contributed by atoms with Crippen molar-refractivity contribution >= 4 is 17.7 Å². The van der Waals surface area contributed by atoms with Crippen molar-refractivity contribution in [2.45, 2.75) is 0 Å². The van der Waals surface area contributed by atoms with Gasteiger partial charge in [-0.15, -0.1) is 0 Å². The zero-order chi connectivity index (χ0) is 14.5. The molecule has 0 saturated carbocycles. The van der Waals surface area contributed by atoms with Gasteiger partial charge in [-0.2, -0.15) is 0 Å². The molecule has 102 valence electrons. The van der Waals surface area contributed by atoms with Crippen molar-refractivity contribution in [1.82, 2.24) is 9.55 Å². The number of benzene rings is 1. The summed E-state index contributed by atoms with van der Waals surface area (Å²) in [7, 11) is 1.36. The number of nitro benzene ring substituents is 1. The minimum absolute atomic E-state index is 0.148. The number of nitrogens with zero attached hydrogens (tertiary/aromatic N) is 3. The molecule has 2 aromatic rings. The van der Waals surface area contributed by atoms with Crippen molar-refractivity contribution in [1.29, 1.82) is 0 Å². The predicted molar refractivity (Wildman–Crippen MR) is 71.5 cm³/mol. The molecule has 0 aliphatic rings. The number of carbonyl (C=O) groups is 1. The van der Waals surface area contributed by atoms with Crippen molar-refractivity contribution < 1.29 is 14.5 Å². The van der Waals surface area contributed by atoms with E-state index in [0.29, 0.717) is 5.56 Å². The van der Waals surface area contributed by atoms with Gasteiger partial charge in [0.1, 0.15) is 6.33 Å². The van der Waals surface area contributed by atoms with E-state index in [2.05, 4.69) is 4.98 Å². The van der Waals surface area contributed by atoms with Crippen LogP contribution in [0.1, 0.15) is 10.4 Å². The number of aromatic nitrogens is 2. The zero-order valence-electron chi connectivity index (χ0n) is 10.6. The summed E-state index contributed by atoms with van der Waals surface area (Å²) in [6, 6.07) is 4.46. The Hall–Kier alpha value is -2.96. The first-order chi connectivity index (χ1) is 9.61. The van der Waals surface area contributed by atoms with E-state index in [4.69, 9.17) is 4.74 Å². The summed E-state index contributed by atoms with van der Waals surface area (Å²) in [5.74, 6) is -0.117. The Morgan fingerprint density at radius 1 is 1.50 bits per heavy atom. The fourth-order valence-electron chi connectivity index (χ4n) is 1.60. The highest BCUT2D eigenvalue weighted by Gasteiger charge is 2.14. The standard InChI is InChI=1S/C13H11N3O4/c1-20-12-4-2-10(8-11(12)16(18)19)3-5-13(17)15-7-6-14-9-15/h2-9H,1H3. The minimum atomic E-state index is -0.534. The van der Waals surface area contributed by atoms with Gasteiger partial charge in [0.25, 0.3) is 5.91 Å². The van der Waals surface area contributed by atoms with Crippen LogP contribution in [0.5, 0.6) is 5.75 Å². The minimum Gasteiger partial charge on any atom is -0.490 e. The number of carbonyl (C=O) groups excluding carboxylic acids is 1. The van der Waals surface area contributed by atoms with Gasteiger partial charge in [-0.05, 0) is 17.7 Å². The monoisotopic (exact) mass is 273 g/mol. The summed E-state index contributed by atoms with van der Waals surface area (Å²) in [6.45, 7) is 0. The molecule has 0 aliphatic heterocycles. The van der Waals surface area contributed by atoms with Crippen LogP contribution in [0.25, 0.3) is 6.08 Å². The lowest BCUT2D eigenvalue weighted by Crippen LogP contribution is -2.03. The zero-order valence-corrected chi connectivity index (χ0v) is 10.6. The van der Waals surface area contributed by atoms with Crippen LogP contribution in [0.2, 0.25) is 0 Å². The summed E-state index contributed by atoms with van der Waals surface area (Å²) in [6.07, 6.45) is 7.19. The molecular weight excluding hydrogens is 262 g/mol. The fraction of sp³-hybridized carbons (Fsp3) is 0.0769. The van der Waals surface area contributed by atoms with E-state index in [1.807, 2.05) is 0 Å². The fourth-order valence-corrected chi connectivity index (χ4v) is 1.60. The third-order valence-electron chi connectivity index (χ3n) is 2.58. The van der Waals surface area contributed by atoms with E-state index in [0.717, 1.165) is 0 Å². The quantitative estimate of drug-likeness (QED) is 0.484. The highest BCUT2D eigenvalue weighted by Crippen LogP contribution is 2.27. The first-order valence-electron chi connectivity index (χ1n) is 5.64. The Kier molecular flexibility index (Phi) is 3.90. The van der Waals surface area contributed by atoms with Crippen molar-refractivity contribution in [3.63, 3.8) is 0 Å². The van der Waals surface area contributed by atoms with Crippen LogP contribution < -0.4 is 4.74 Å². The van der Waals surface area contributed by atoms with Crippen molar-refractivity contribution in [3.05, 3.63) is 58.7 Å². The van der Waals surface area contributed by atoms with Crippen molar-refractivity contribution in [2.75, 3.05) is 7.11 Å². The molecule has 1 aromatic carbocycles. The SMILES string of the molecule is COc1ccc(C=CC(=O)n2ccnc2)cc1[N+](=O)[O-]. The molecule has 2 rings (SSSR count). The Morgan fingerprint density at radius 2 is 2.30 bits per heavy atom. The summed E-state index contributed by atoms with van der Waals surface area (Å²) >= 11 is 0. The highest BCUT2D eigenvalue weighted by molar-refractivity contribution is 5.93. The molecule has 1 aromatic heterocycles. The van der Waals surface area contributed by atoms with Crippen LogP contribution in [-0.4, -0.2) is 27.5 Å². The average Bonchev–Trinajstić information content (AvgIpc) is 2.98. The lowest BCUT2D eigenvalue weighted by Gasteiger charge is -2.02. The van der Waals surface area contributed by atoms with Gasteiger partial charge >= 0.3 is 5.69 Å². The second-order valence-electron chi connectivity index (χ2n) is 3.83. The maximum atomic E-state index is 11.7. The molecule has 1 heterocycles. The molecule has 7 nitrogen and oxygen atoms in total. The number of rotatable bonds is 4. The third kappa shape index (κ3) is 2.89. The molecule has 0 bridgehead atoms. The molecule has 0 spiro atoms. The van der Waals surface area contributed by atoms with Crippen LogP contribution in [0, 0.1) is 10.1 Å². The van der Waals surface area contributed by atoms with Gasteiger partial charge < -0.3 is 4.74 Å². The molecule has 7 heteroatoms. The van der Waals surface area contributed by atoms with Crippen molar-refractivity contribution in [3.8, 4) is 5.75 Å². The Balaban J connectivity index is 2.24. The third-order valence-corrected chi connectivity index (χ3v) is 2.58. The summed E-state index contributed by atoms with van der Waals surface area (Å²) in [5, 5.41) is 10.9. The molecule has 20 heavy (non-hydrogen) atoms. The molecule has 0 unspecified atom stereocenters. The van der Waals surface area contributed by atoms with E-state index < -0.39 is 4.92 Å². The van der Waals surface area contributed by atoms with E-state index >= 15 is 0 Å². The molecule has 0 amide bonds. The summed E-state index contributed by atoms with van der Waals surface area (Å²) < 4.78 is 6.20. The normalized spacial score (nSPS) is 10.7. The second kappa shape index (κ2) is 5.79. The van der Waals surface area contributed by atoms with Gasteiger partial charge in [0.2, 0.25) is 0 Å². The first kappa shape index (κ1) is 13.5. The molecule has 0 radical (unpaired) electrons. The number of hydrogen-bond acceptors (Lipinski definition) is 5. The number of allylic oxidation sites excluding steroid dienone is 1. The number of imidazole rings is 1. The Bertz CT molecular complexity index is 662. The van der Waals surface area contributed by atoms with Gasteiger partial charge in [0.15, 0.2) is 5.75 Å². The van der Waals surface area contributed by atoms with Crippen LogP contribution in [0.4, 0.5) is 5.69 Å². The van der Waals surface area contributed by atoms with Crippen LogP contribution in [0.15, 0.2) is 43.0 Å². The number of ether oxygens (including phenoxy) is 1. The largest absolute Gasteiger partial charge is 0.490 e. The Morgan fingerprint density at radius 3 is 2.90 bits per heavy atom. The number of hydrogen-bond donors (Lipinski definition) is 0. The van der Waals surface area contributed by atoms with Gasteiger partial charge in [-0.1, -0.05) is 6.07 Å². The molecule has 0 saturated heterocycles. The number of methoxy groups -OCH3 is 1. The first-order valence-corrected chi connectivity index (χ1v) is 5.64. The molecule has 0 aliphatic carbocycles. The van der Waals surface area contributed by atoms with Crippen LogP contribution in [-0.2, 0) is 0 Å². The smallest absolute Gasteiger partial charge is 0.311 e. The van der Waals surface area contributed by atoms with Gasteiger partial charge in [0.05, 0.1) is 12.0 Å². The summed E-state index contributed by atoms with van der Waals surface area (Å²) in [4.78, 5) is 25.8. The van der Waals surface area contributed by atoms with E-state index in [-0.39, 0.29) is 17.3 Å². The molecule has 0 N–H and O–H groups in total. The van der Waals surface area contributed by atoms with E-state index in [1.54, 1.807) is 6.07 Å². The maximum Gasteiger partial charge on any atom is 0.311 e. The molecule has 0 fully saturated rings. The lowest BCUT2D eigenvalue weighted by atomic mass is 10.1. The van der Waals surface area contributed by atoms with Gasteiger partial charge in [-0.25, -0.2) is 4.98 Å². The van der Waals surface area contributed by atoms with E-state index in [1.165, 1.54) is 54.7 Å². The highest BCUT2D eigenvalue weighted by atomic mass is 16.6.